The van der Waals surface area contributed by atoms with Crippen molar-refractivity contribution in [3.63, 3.8) is 0 Å². The number of halogens is 1. The Morgan fingerprint density at radius 2 is 1.83 bits per heavy atom. The highest BCUT2D eigenvalue weighted by molar-refractivity contribution is 6.00. The van der Waals surface area contributed by atoms with Gasteiger partial charge < -0.3 is 19.8 Å². The zero-order valence-electron chi connectivity index (χ0n) is 12.9. The van der Waals surface area contributed by atoms with Crippen molar-refractivity contribution >= 4 is 28.5 Å². The fraction of sp³-hybridized carbons (Fsp3) is 0.125. The van der Waals surface area contributed by atoms with Gasteiger partial charge in [-0.1, -0.05) is 0 Å². The Hall–Kier alpha value is -3.29. The van der Waals surface area contributed by atoms with E-state index in [0.717, 1.165) is 6.07 Å². The van der Waals surface area contributed by atoms with Gasteiger partial charge in [0.25, 0.3) is 0 Å². The number of nitrogens with one attached hydrogen (secondary N) is 2. The molecule has 1 heterocycles. The zero-order chi connectivity index (χ0) is 17.3. The molecular weight excluding hydrogens is 317 g/mol. The van der Waals surface area contributed by atoms with Crippen LogP contribution in [0.2, 0.25) is 0 Å². The number of hydrogen-bond donors (Lipinski definition) is 2. The lowest BCUT2D eigenvalue weighted by Gasteiger charge is -2.09. The number of nitrogens with zero attached hydrogens (tertiary/aromatic N) is 1. The number of carbonyl (C=O) groups excluding carboxylic acids is 1. The van der Waals surface area contributed by atoms with Crippen LogP contribution < -0.4 is 21.1 Å². The Bertz CT molecular complexity index is 977. The molecule has 0 unspecified atom stereocenters. The summed E-state index contributed by atoms with van der Waals surface area (Å²) in [5, 5.41) is 5.09. The Labute approximate surface area is 135 Å². The molecule has 3 rings (SSSR count). The van der Waals surface area contributed by atoms with E-state index in [-0.39, 0.29) is 11.4 Å². The SMILES string of the molecule is COc1ccc(NC(=O)Nc2ccc3c(c2)oc(=O)n3C)cc1F. The average molecular weight is 331 g/mol. The minimum atomic E-state index is -0.581. The smallest absolute Gasteiger partial charge is 0.419 e. The minimum Gasteiger partial charge on any atom is -0.494 e. The van der Waals surface area contributed by atoms with Crippen molar-refractivity contribution in [3.05, 3.63) is 52.8 Å². The summed E-state index contributed by atoms with van der Waals surface area (Å²) in [7, 11) is 2.95. The number of anilines is 2. The number of hydrogen-bond acceptors (Lipinski definition) is 4. The largest absolute Gasteiger partial charge is 0.494 e. The maximum absolute atomic E-state index is 13.6. The third-order valence-corrected chi connectivity index (χ3v) is 3.46. The average Bonchev–Trinajstić information content (AvgIpc) is 2.81. The predicted octanol–water partition coefficient (Wildman–Crippen LogP) is 2.92. The van der Waals surface area contributed by atoms with Gasteiger partial charge in [-0.3, -0.25) is 4.57 Å². The van der Waals surface area contributed by atoms with Crippen LogP contribution in [0.15, 0.2) is 45.6 Å². The summed E-state index contributed by atoms with van der Waals surface area (Å²) in [6, 6.07) is 8.34. The number of aryl methyl sites for hydroxylation is 1. The van der Waals surface area contributed by atoms with Gasteiger partial charge in [-0.2, -0.15) is 0 Å². The summed E-state index contributed by atoms with van der Waals surface area (Å²) in [6.07, 6.45) is 0. The molecular formula is C16H14FN3O4. The van der Waals surface area contributed by atoms with E-state index in [1.165, 1.54) is 29.9 Å². The van der Waals surface area contributed by atoms with Crippen molar-refractivity contribution in [2.45, 2.75) is 0 Å². The number of carbonyl (C=O) groups is 1. The van der Waals surface area contributed by atoms with Crippen molar-refractivity contribution in [2.75, 3.05) is 17.7 Å². The van der Waals surface area contributed by atoms with E-state index < -0.39 is 17.6 Å². The first-order valence-corrected chi connectivity index (χ1v) is 6.99. The Morgan fingerprint density at radius 3 is 2.50 bits per heavy atom. The van der Waals surface area contributed by atoms with Gasteiger partial charge in [-0.15, -0.1) is 0 Å². The van der Waals surface area contributed by atoms with Crippen molar-refractivity contribution < 1.29 is 18.3 Å². The second kappa shape index (κ2) is 6.07. The molecule has 7 nitrogen and oxygen atoms in total. The number of urea groups is 1. The molecule has 2 N–H and O–H groups in total. The summed E-state index contributed by atoms with van der Waals surface area (Å²) >= 11 is 0. The summed E-state index contributed by atoms with van der Waals surface area (Å²) in [4.78, 5) is 23.4. The van der Waals surface area contributed by atoms with Crippen molar-refractivity contribution in [2.24, 2.45) is 7.05 Å². The third kappa shape index (κ3) is 2.94. The molecule has 3 aromatic rings. The molecule has 1 aromatic heterocycles. The van der Waals surface area contributed by atoms with Crippen LogP contribution in [-0.2, 0) is 7.05 Å². The molecule has 0 aliphatic carbocycles. The van der Waals surface area contributed by atoms with Gasteiger partial charge in [0.05, 0.1) is 12.6 Å². The fourth-order valence-electron chi connectivity index (χ4n) is 2.25. The highest BCUT2D eigenvalue weighted by Crippen LogP contribution is 2.21. The van der Waals surface area contributed by atoms with E-state index in [2.05, 4.69) is 10.6 Å². The maximum Gasteiger partial charge on any atom is 0.419 e. The van der Waals surface area contributed by atoms with Crippen LogP contribution in [0.4, 0.5) is 20.6 Å². The lowest BCUT2D eigenvalue weighted by molar-refractivity contribution is 0.262. The molecule has 0 saturated heterocycles. The first-order valence-electron chi connectivity index (χ1n) is 6.99. The molecule has 124 valence electrons. The van der Waals surface area contributed by atoms with Crippen LogP contribution in [0, 0.1) is 5.82 Å². The fourth-order valence-corrected chi connectivity index (χ4v) is 2.25. The molecule has 0 radical (unpaired) electrons. The molecule has 8 heteroatoms. The van der Waals surface area contributed by atoms with Gasteiger partial charge >= 0.3 is 11.8 Å². The van der Waals surface area contributed by atoms with E-state index in [9.17, 15) is 14.0 Å². The lowest BCUT2D eigenvalue weighted by atomic mass is 10.3. The van der Waals surface area contributed by atoms with Gasteiger partial charge in [0.1, 0.15) is 0 Å². The number of benzene rings is 2. The van der Waals surface area contributed by atoms with Crippen molar-refractivity contribution in [1.29, 1.82) is 0 Å². The quantitative estimate of drug-likeness (QED) is 0.773. The van der Waals surface area contributed by atoms with E-state index in [0.29, 0.717) is 16.8 Å². The molecule has 24 heavy (non-hydrogen) atoms. The Morgan fingerprint density at radius 1 is 1.17 bits per heavy atom. The standard InChI is InChI=1S/C16H14FN3O4/c1-20-12-5-3-10(8-14(12)24-16(20)22)19-15(21)18-9-4-6-13(23-2)11(17)7-9/h3-8H,1-2H3,(H2,18,19,21). The second-order valence-electron chi connectivity index (χ2n) is 5.04. The molecule has 0 aliphatic rings. The summed E-state index contributed by atoms with van der Waals surface area (Å²) < 4.78 is 24.8. The van der Waals surface area contributed by atoms with Gasteiger partial charge in [-0.05, 0) is 24.3 Å². The summed E-state index contributed by atoms with van der Waals surface area (Å²) in [5.41, 5.74) is 1.68. The van der Waals surface area contributed by atoms with Gasteiger partial charge in [0, 0.05) is 30.6 Å². The van der Waals surface area contributed by atoms with E-state index in [1.54, 1.807) is 19.2 Å². The number of oxazole rings is 1. The lowest BCUT2D eigenvalue weighted by Crippen LogP contribution is -2.19. The van der Waals surface area contributed by atoms with Crippen LogP contribution in [0.3, 0.4) is 0 Å². The minimum absolute atomic E-state index is 0.0884. The Kier molecular flexibility index (Phi) is 3.95. The number of aromatic nitrogens is 1. The first kappa shape index (κ1) is 15.6. The monoisotopic (exact) mass is 331 g/mol. The number of amides is 2. The highest BCUT2D eigenvalue weighted by Gasteiger charge is 2.09. The predicted molar refractivity (Wildman–Crippen MR) is 87.0 cm³/mol. The number of methoxy groups -OCH3 is 1. The molecule has 0 spiro atoms. The zero-order valence-corrected chi connectivity index (χ0v) is 12.9. The third-order valence-electron chi connectivity index (χ3n) is 3.46. The van der Waals surface area contributed by atoms with Crippen LogP contribution in [0.5, 0.6) is 5.75 Å². The molecule has 0 aliphatic heterocycles. The summed E-state index contributed by atoms with van der Waals surface area (Å²) in [6.45, 7) is 0. The normalized spacial score (nSPS) is 10.6. The van der Waals surface area contributed by atoms with Crippen molar-refractivity contribution in [1.82, 2.24) is 4.57 Å². The van der Waals surface area contributed by atoms with Crippen molar-refractivity contribution in [3.8, 4) is 5.75 Å². The van der Waals surface area contributed by atoms with E-state index >= 15 is 0 Å². The molecule has 2 aromatic carbocycles. The van der Waals surface area contributed by atoms with Crippen LogP contribution in [-0.4, -0.2) is 17.7 Å². The van der Waals surface area contributed by atoms with Gasteiger partial charge in [0.15, 0.2) is 17.1 Å². The molecule has 0 saturated carbocycles. The van der Waals surface area contributed by atoms with Crippen LogP contribution in [0.1, 0.15) is 0 Å². The van der Waals surface area contributed by atoms with Crippen LogP contribution >= 0.6 is 0 Å². The van der Waals surface area contributed by atoms with Gasteiger partial charge in [-0.25, -0.2) is 14.0 Å². The first-order chi connectivity index (χ1) is 11.5. The molecule has 0 bridgehead atoms. The molecule has 0 fully saturated rings. The molecule has 0 atom stereocenters. The van der Waals surface area contributed by atoms with Crippen LogP contribution in [0.25, 0.3) is 11.1 Å². The molecule has 2 amide bonds. The second-order valence-corrected chi connectivity index (χ2v) is 5.04. The topological polar surface area (TPSA) is 85.5 Å². The maximum atomic E-state index is 13.6. The number of ether oxygens (including phenoxy) is 1. The number of rotatable bonds is 3. The van der Waals surface area contributed by atoms with Gasteiger partial charge in [0.2, 0.25) is 0 Å². The number of fused-ring (bicyclic) bond motifs is 1. The summed E-state index contributed by atoms with van der Waals surface area (Å²) in [5.74, 6) is -0.978. The van der Waals surface area contributed by atoms with E-state index in [1.807, 2.05) is 0 Å². The van der Waals surface area contributed by atoms with E-state index in [4.69, 9.17) is 9.15 Å². The Balaban J connectivity index is 1.75. The highest BCUT2D eigenvalue weighted by atomic mass is 19.1.